The number of carbonyl (C=O) groups is 1. The van der Waals surface area contributed by atoms with Crippen molar-refractivity contribution in [1.29, 1.82) is 0 Å². The van der Waals surface area contributed by atoms with E-state index in [-0.39, 0.29) is 5.91 Å². The van der Waals surface area contributed by atoms with Crippen molar-refractivity contribution in [3.8, 4) is 0 Å². The molecule has 0 saturated heterocycles. The third-order valence-electron chi connectivity index (χ3n) is 3.97. The minimum absolute atomic E-state index is 0.0404. The van der Waals surface area contributed by atoms with Gasteiger partial charge in [-0.1, -0.05) is 35.9 Å². The van der Waals surface area contributed by atoms with E-state index in [2.05, 4.69) is 41.4 Å². The number of hydrogen-bond acceptors (Lipinski definition) is 2. The number of carbonyl (C=O) groups excluding carboxylic acids is 1. The minimum Gasteiger partial charge on any atom is -0.362 e. The highest BCUT2D eigenvalue weighted by Crippen LogP contribution is 2.27. The summed E-state index contributed by atoms with van der Waals surface area (Å²) in [5, 5.41) is 3.01. The van der Waals surface area contributed by atoms with Crippen LogP contribution >= 0.6 is 0 Å². The second kappa shape index (κ2) is 5.60. The topological polar surface area (TPSA) is 32.3 Å². The van der Waals surface area contributed by atoms with E-state index < -0.39 is 0 Å². The van der Waals surface area contributed by atoms with Crippen molar-refractivity contribution >= 4 is 17.3 Å². The molecule has 108 valence electrons. The molecule has 0 unspecified atom stereocenters. The maximum atomic E-state index is 12.3. The fourth-order valence-electron chi connectivity index (χ4n) is 2.89. The highest BCUT2D eigenvalue weighted by Gasteiger charge is 2.20. The summed E-state index contributed by atoms with van der Waals surface area (Å²) >= 11 is 0. The minimum atomic E-state index is 0.0404. The molecule has 3 heteroatoms. The van der Waals surface area contributed by atoms with Gasteiger partial charge in [0.1, 0.15) is 0 Å². The predicted octanol–water partition coefficient (Wildman–Crippen LogP) is 3.30. The number of anilines is 2. The number of amides is 1. The molecule has 2 aromatic rings. The number of benzene rings is 2. The molecule has 1 aliphatic rings. The van der Waals surface area contributed by atoms with Crippen molar-refractivity contribution in [2.24, 2.45) is 0 Å². The van der Waals surface area contributed by atoms with Crippen LogP contribution in [0.25, 0.3) is 0 Å². The first-order chi connectivity index (χ1) is 10.1. The van der Waals surface area contributed by atoms with Gasteiger partial charge in [0.15, 0.2) is 0 Å². The predicted molar refractivity (Wildman–Crippen MR) is 86.9 cm³/mol. The average Bonchev–Trinajstić information content (AvgIpc) is 2.85. The van der Waals surface area contributed by atoms with Crippen molar-refractivity contribution in [3.63, 3.8) is 0 Å². The Bertz CT molecular complexity index is 679. The summed E-state index contributed by atoms with van der Waals surface area (Å²) in [7, 11) is 0. The Morgan fingerprint density at radius 2 is 2.00 bits per heavy atom. The molecule has 2 aromatic carbocycles. The van der Waals surface area contributed by atoms with E-state index in [1.165, 1.54) is 16.8 Å². The van der Waals surface area contributed by atoms with Gasteiger partial charge in [-0.25, -0.2) is 0 Å². The van der Waals surface area contributed by atoms with E-state index in [1.807, 2.05) is 25.1 Å². The molecule has 3 nitrogen and oxygen atoms in total. The molecule has 1 heterocycles. The zero-order chi connectivity index (χ0) is 14.8. The van der Waals surface area contributed by atoms with E-state index in [1.54, 1.807) is 0 Å². The van der Waals surface area contributed by atoms with Crippen LogP contribution in [0.3, 0.4) is 0 Å². The van der Waals surface area contributed by atoms with Crippen LogP contribution in [-0.4, -0.2) is 19.0 Å². The summed E-state index contributed by atoms with van der Waals surface area (Å²) in [6.07, 6.45) is 1.02. The third-order valence-corrected chi connectivity index (χ3v) is 3.97. The van der Waals surface area contributed by atoms with E-state index in [9.17, 15) is 4.79 Å². The lowest BCUT2D eigenvalue weighted by molar-refractivity contribution is -0.115. The Morgan fingerprint density at radius 3 is 2.81 bits per heavy atom. The smallest absolute Gasteiger partial charge is 0.243 e. The van der Waals surface area contributed by atoms with Crippen molar-refractivity contribution < 1.29 is 4.79 Å². The van der Waals surface area contributed by atoms with Gasteiger partial charge in [0.05, 0.1) is 6.54 Å². The Labute approximate surface area is 125 Å². The molecule has 21 heavy (non-hydrogen) atoms. The van der Waals surface area contributed by atoms with Crippen LogP contribution in [-0.2, 0) is 11.2 Å². The molecule has 0 aliphatic carbocycles. The lowest BCUT2D eigenvalue weighted by Gasteiger charge is -2.19. The molecular formula is C18H20N2O. The number of hydrogen-bond donors (Lipinski definition) is 1. The van der Waals surface area contributed by atoms with Crippen molar-refractivity contribution in [2.45, 2.75) is 20.3 Å². The van der Waals surface area contributed by atoms with Crippen LogP contribution in [0.1, 0.15) is 16.7 Å². The van der Waals surface area contributed by atoms with E-state index in [0.29, 0.717) is 6.54 Å². The average molecular weight is 280 g/mol. The zero-order valence-corrected chi connectivity index (χ0v) is 12.5. The van der Waals surface area contributed by atoms with Gasteiger partial charge in [-0.15, -0.1) is 0 Å². The summed E-state index contributed by atoms with van der Waals surface area (Å²) in [6.45, 7) is 5.40. The maximum absolute atomic E-state index is 12.3. The fraction of sp³-hybridized carbons (Fsp3) is 0.278. The zero-order valence-electron chi connectivity index (χ0n) is 12.5. The van der Waals surface area contributed by atoms with Crippen LogP contribution < -0.4 is 10.2 Å². The highest BCUT2D eigenvalue weighted by atomic mass is 16.2. The first-order valence-corrected chi connectivity index (χ1v) is 7.33. The Hall–Kier alpha value is -2.29. The highest BCUT2D eigenvalue weighted by molar-refractivity contribution is 5.95. The number of rotatable bonds is 3. The molecule has 0 bridgehead atoms. The number of aryl methyl sites for hydroxylation is 2. The van der Waals surface area contributed by atoms with Crippen LogP contribution in [0.5, 0.6) is 0 Å². The van der Waals surface area contributed by atoms with Gasteiger partial charge < -0.3 is 10.2 Å². The molecule has 1 amide bonds. The summed E-state index contributed by atoms with van der Waals surface area (Å²) in [6, 6.07) is 14.4. The maximum Gasteiger partial charge on any atom is 0.243 e. The first-order valence-electron chi connectivity index (χ1n) is 7.33. The molecule has 0 aromatic heterocycles. The normalized spacial score (nSPS) is 13.1. The molecule has 0 saturated carbocycles. The summed E-state index contributed by atoms with van der Waals surface area (Å²) in [5.41, 5.74) is 5.73. The largest absolute Gasteiger partial charge is 0.362 e. The quantitative estimate of drug-likeness (QED) is 0.935. The van der Waals surface area contributed by atoms with Crippen LogP contribution in [0.15, 0.2) is 42.5 Å². The summed E-state index contributed by atoms with van der Waals surface area (Å²) in [4.78, 5) is 14.4. The van der Waals surface area contributed by atoms with Gasteiger partial charge in [-0.2, -0.15) is 0 Å². The van der Waals surface area contributed by atoms with E-state index in [4.69, 9.17) is 0 Å². The van der Waals surface area contributed by atoms with Gasteiger partial charge in [0.2, 0.25) is 5.91 Å². The molecular weight excluding hydrogens is 260 g/mol. The van der Waals surface area contributed by atoms with Gasteiger partial charge in [-0.05, 0) is 43.5 Å². The third kappa shape index (κ3) is 2.92. The standard InChI is InChI=1S/C18H20N2O/c1-13-7-8-16(14(2)11-13)19-18(21)12-20-10-9-15-5-3-4-6-17(15)20/h3-8,11H,9-10,12H2,1-2H3,(H,19,21). The molecule has 1 N–H and O–H groups in total. The lowest BCUT2D eigenvalue weighted by atomic mass is 10.1. The lowest BCUT2D eigenvalue weighted by Crippen LogP contribution is -2.32. The molecule has 1 aliphatic heterocycles. The fourth-order valence-corrected chi connectivity index (χ4v) is 2.89. The van der Waals surface area contributed by atoms with E-state index in [0.717, 1.165) is 24.2 Å². The summed E-state index contributed by atoms with van der Waals surface area (Å²) in [5.74, 6) is 0.0404. The SMILES string of the molecule is Cc1ccc(NC(=O)CN2CCc3ccccc32)c(C)c1. The Morgan fingerprint density at radius 1 is 1.19 bits per heavy atom. The van der Waals surface area contributed by atoms with Crippen LogP contribution in [0.2, 0.25) is 0 Å². The van der Waals surface area contributed by atoms with E-state index >= 15 is 0 Å². The molecule has 0 atom stereocenters. The summed E-state index contributed by atoms with van der Waals surface area (Å²) < 4.78 is 0. The molecule has 0 fully saturated rings. The van der Waals surface area contributed by atoms with Gasteiger partial charge in [0.25, 0.3) is 0 Å². The van der Waals surface area contributed by atoms with Gasteiger partial charge in [0, 0.05) is 17.9 Å². The van der Waals surface area contributed by atoms with Gasteiger partial charge in [-0.3, -0.25) is 4.79 Å². The van der Waals surface area contributed by atoms with Crippen LogP contribution in [0, 0.1) is 13.8 Å². The second-order valence-corrected chi connectivity index (χ2v) is 5.67. The van der Waals surface area contributed by atoms with Crippen molar-refractivity contribution in [1.82, 2.24) is 0 Å². The monoisotopic (exact) mass is 280 g/mol. The Balaban J connectivity index is 1.68. The van der Waals surface area contributed by atoms with Crippen molar-refractivity contribution in [2.75, 3.05) is 23.3 Å². The van der Waals surface area contributed by atoms with Crippen molar-refractivity contribution in [3.05, 3.63) is 59.2 Å². The number of para-hydroxylation sites is 1. The number of nitrogens with one attached hydrogen (secondary N) is 1. The Kier molecular flexibility index (Phi) is 3.65. The molecule has 0 radical (unpaired) electrons. The first kappa shape index (κ1) is 13.7. The molecule has 0 spiro atoms. The second-order valence-electron chi connectivity index (χ2n) is 5.67. The number of fused-ring (bicyclic) bond motifs is 1. The van der Waals surface area contributed by atoms with Gasteiger partial charge >= 0.3 is 0 Å². The molecule has 3 rings (SSSR count). The van der Waals surface area contributed by atoms with Crippen LogP contribution in [0.4, 0.5) is 11.4 Å². The number of nitrogens with zero attached hydrogens (tertiary/aromatic N) is 1.